The zero-order chi connectivity index (χ0) is 23.3. The van der Waals surface area contributed by atoms with Crippen LogP contribution in [0.2, 0.25) is 0 Å². The zero-order valence-corrected chi connectivity index (χ0v) is 17.3. The lowest BCUT2D eigenvalue weighted by atomic mass is 9.67. The lowest BCUT2D eigenvalue weighted by molar-refractivity contribution is -0.384. The molecule has 0 spiro atoms. The Hall–Kier alpha value is -4.72. The fourth-order valence-corrected chi connectivity index (χ4v) is 4.89. The maximum absolute atomic E-state index is 11.7. The Morgan fingerprint density at radius 2 is 1.00 bits per heavy atom. The topological polar surface area (TPSA) is 138 Å². The van der Waals surface area contributed by atoms with Crippen molar-refractivity contribution in [2.24, 2.45) is 0 Å². The van der Waals surface area contributed by atoms with Crippen LogP contribution in [0, 0.1) is 20.2 Å². The fourth-order valence-electron chi connectivity index (χ4n) is 4.89. The monoisotopic (exact) mass is 438 g/mol. The molecule has 4 N–H and O–H groups in total. The molecule has 0 radical (unpaired) electrons. The molecule has 8 nitrogen and oxygen atoms in total. The van der Waals surface area contributed by atoms with Gasteiger partial charge in [0, 0.05) is 12.1 Å². The van der Waals surface area contributed by atoms with Gasteiger partial charge < -0.3 is 11.5 Å². The van der Waals surface area contributed by atoms with E-state index >= 15 is 0 Å². The third-order valence-corrected chi connectivity index (χ3v) is 6.27. The predicted molar refractivity (Wildman–Crippen MR) is 126 cm³/mol. The van der Waals surface area contributed by atoms with Crippen molar-refractivity contribution in [3.8, 4) is 11.1 Å². The first kappa shape index (κ1) is 20.2. The first-order valence-corrected chi connectivity index (χ1v) is 10.1. The maximum atomic E-state index is 11.7. The van der Waals surface area contributed by atoms with Crippen molar-refractivity contribution in [3.05, 3.63) is 127 Å². The molecular formula is C25H18N4O4. The second kappa shape index (κ2) is 7.16. The quantitative estimate of drug-likeness (QED) is 0.229. The molecule has 8 heteroatoms. The van der Waals surface area contributed by atoms with Crippen molar-refractivity contribution in [1.29, 1.82) is 0 Å². The Kier molecular flexibility index (Phi) is 4.39. The van der Waals surface area contributed by atoms with Gasteiger partial charge in [0.1, 0.15) is 11.4 Å². The van der Waals surface area contributed by atoms with E-state index in [1.807, 2.05) is 48.5 Å². The minimum Gasteiger partial charge on any atom is -0.393 e. The van der Waals surface area contributed by atoms with Crippen LogP contribution < -0.4 is 11.5 Å². The van der Waals surface area contributed by atoms with Crippen LogP contribution in [-0.2, 0) is 5.41 Å². The van der Waals surface area contributed by atoms with Crippen LogP contribution in [0.1, 0.15) is 22.3 Å². The van der Waals surface area contributed by atoms with E-state index in [0.717, 1.165) is 22.3 Å². The lowest BCUT2D eigenvalue weighted by Gasteiger charge is -2.33. The summed E-state index contributed by atoms with van der Waals surface area (Å²) in [7, 11) is 0. The molecule has 1 aliphatic rings. The summed E-state index contributed by atoms with van der Waals surface area (Å²) >= 11 is 0. The minimum absolute atomic E-state index is 0.0433. The van der Waals surface area contributed by atoms with Gasteiger partial charge in [-0.15, -0.1) is 0 Å². The normalized spacial score (nSPS) is 13.2. The Bertz CT molecular complexity index is 1350. The highest BCUT2D eigenvalue weighted by molar-refractivity contribution is 5.87. The number of nitrogens with two attached hydrogens (primary N) is 2. The number of nitrogens with zero attached hydrogens (tertiary/aromatic N) is 2. The highest BCUT2D eigenvalue weighted by Crippen LogP contribution is 2.57. The fraction of sp³-hybridized carbons (Fsp3) is 0.0400. The number of rotatable bonds is 4. The van der Waals surface area contributed by atoms with Crippen LogP contribution in [0.3, 0.4) is 0 Å². The van der Waals surface area contributed by atoms with E-state index in [1.165, 1.54) is 24.3 Å². The van der Waals surface area contributed by atoms with Crippen molar-refractivity contribution >= 4 is 22.7 Å². The van der Waals surface area contributed by atoms with Gasteiger partial charge in [0.05, 0.1) is 15.3 Å². The van der Waals surface area contributed by atoms with Crippen molar-refractivity contribution in [2.45, 2.75) is 5.41 Å². The molecule has 1 aliphatic carbocycles. The van der Waals surface area contributed by atoms with Gasteiger partial charge in [0.2, 0.25) is 0 Å². The van der Waals surface area contributed by atoms with E-state index in [2.05, 4.69) is 0 Å². The average Bonchev–Trinajstić information content (AvgIpc) is 3.11. The van der Waals surface area contributed by atoms with Crippen LogP contribution in [0.25, 0.3) is 11.1 Å². The van der Waals surface area contributed by atoms with E-state index in [1.54, 1.807) is 12.1 Å². The van der Waals surface area contributed by atoms with Gasteiger partial charge in [-0.2, -0.15) is 0 Å². The highest BCUT2D eigenvalue weighted by Gasteiger charge is 2.47. The number of hydrogen-bond acceptors (Lipinski definition) is 6. The molecule has 4 aromatic rings. The van der Waals surface area contributed by atoms with Crippen molar-refractivity contribution in [2.75, 3.05) is 11.5 Å². The summed E-state index contributed by atoms with van der Waals surface area (Å²) in [6.07, 6.45) is 0. The Balaban J connectivity index is 1.97. The molecule has 0 heterocycles. The summed E-state index contributed by atoms with van der Waals surface area (Å²) in [5.74, 6) is 0. The summed E-state index contributed by atoms with van der Waals surface area (Å²) in [6, 6.07) is 24.9. The Morgan fingerprint density at radius 3 is 1.39 bits per heavy atom. The molecule has 0 atom stereocenters. The molecule has 0 bridgehead atoms. The molecule has 5 rings (SSSR count). The molecule has 0 aromatic heterocycles. The highest BCUT2D eigenvalue weighted by atomic mass is 16.6. The number of nitro benzene ring substituents is 2. The number of benzene rings is 4. The van der Waals surface area contributed by atoms with Gasteiger partial charge >= 0.3 is 0 Å². The van der Waals surface area contributed by atoms with Gasteiger partial charge in [-0.05, 0) is 45.5 Å². The summed E-state index contributed by atoms with van der Waals surface area (Å²) < 4.78 is 0. The molecule has 4 aromatic carbocycles. The molecule has 0 saturated carbocycles. The molecule has 33 heavy (non-hydrogen) atoms. The minimum atomic E-state index is -1.04. The van der Waals surface area contributed by atoms with Crippen molar-refractivity contribution < 1.29 is 9.85 Å². The first-order valence-electron chi connectivity index (χ1n) is 10.1. The van der Waals surface area contributed by atoms with Crippen LogP contribution in [0.15, 0.2) is 84.9 Å². The largest absolute Gasteiger partial charge is 0.393 e. The van der Waals surface area contributed by atoms with Crippen LogP contribution in [-0.4, -0.2) is 9.85 Å². The van der Waals surface area contributed by atoms with Gasteiger partial charge in [-0.3, -0.25) is 20.2 Å². The van der Waals surface area contributed by atoms with Crippen LogP contribution in [0.4, 0.5) is 22.7 Å². The average molecular weight is 438 g/mol. The molecule has 0 saturated heterocycles. The van der Waals surface area contributed by atoms with E-state index in [4.69, 9.17) is 11.5 Å². The van der Waals surface area contributed by atoms with Gasteiger partial charge in [0.15, 0.2) is 0 Å². The van der Waals surface area contributed by atoms with Gasteiger partial charge in [-0.1, -0.05) is 60.7 Å². The van der Waals surface area contributed by atoms with Crippen molar-refractivity contribution in [3.63, 3.8) is 0 Å². The van der Waals surface area contributed by atoms with E-state index in [9.17, 15) is 20.2 Å². The van der Waals surface area contributed by atoms with Crippen LogP contribution >= 0.6 is 0 Å². The van der Waals surface area contributed by atoms with Crippen LogP contribution in [0.5, 0.6) is 0 Å². The molecule has 162 valence electrons. The predicted octanol–water partition coefficient (Wildman–Crippen LogP) is 5.03. The summed E-state index contributed by atoms with van der Waals surface area (Å²) in [6.45, 7) is 0. The molecule has 0 amide bonds. The molecular weight excluding hydrogens is 420 g/mol. The number of nitrogen functional groups attached to an aromatic ring is 2. The van der Waals surface area contributed by atoms with Gasteiger partial charge in [-0.25, -0.2) is 0 Å². The second-order valence-electron chi connectivity index (χ2n) is 7.90. The van der Waals surface area contributed by atoms with Gasteiger partial charge in [0.25, 0.3) is 11.4 Å². The number of hydrogen-bond donors (Lipinski definition) is 2. The third-order valence-electron chi connectivity index (χ3n) is 6.27. The number of anilines is 2. The number of nitro groups is 2. The van der Waals surface area contributed by atoms with Crippen molar-refractivity contribution in [1.82, 2.24) is 0 Å². The smallest absolute Gasteiger partial charge is 0.292 e. The summed E-state index contributed by atoms with van der Waals surface area (Å²) in [5, 5.41) is 23.5. The summed E-state index contributed by atoms with van der Waals surface area (Å²) in [5.41, 5.74) is 15.2. The molecule has 0 fully saturated rings. The second-order valence-corrected chi connectivity index (χ2v) is 7.90. The van der Waals surface area contributed by atoms with E-state index in [-0.39, 0.29) is 22.7 Å². The standard InChI is InChI=1S/C25H18N4O4/c26-21-11-9-15(13-23(21)28(30)31)25(16-10-12-22(27)24(14-16)29(32)33)19-7-3-1-5-17(19)18-6-2-4-8-20(18)25/h1-14H,26-27H2. The third kappa shape index (κ3) is 2.77. The zero-order valence-electron chi connectivity index (χ0n) is 17.3. The number of fused-ring (bicyclic) bond motifs is 3. The Morgan fingerprint density at radius 1 is 0.606 bits per heavy atom. The SMILES string of the molecule is Nc1ccc(C2(c3ccc(N)c([N+](=O)[O-])c3)c3ccccc3-c3ccccc32)cc1[N+](=O)[O-]. The summed E-state index contributed by atoms with van der Waals surface area (Å²) in [4.78, 5) is 22.4. The van der Waals surface area contributed by atoms with E-state index in [0.29, 0.717) is 11.1 Å². The molecule has 0 aliphatic heterocycles. The first-order chi connectivity index (χ1) is 15.9. The lowest BCUT2D eigenvalue weighted by Crippen LogP contribution is -2.29. The molecule has 0 unspecified atom stereocenters. The Labute approximate surface area is 188 Å². The van der Waals surface area contributed by atoms with E-state index < -0.39 is 15.3 Å². The maximum Gasteiger partial charge on any atom is 0.292 e.